The number of methoxy groups -OCH3 is 1. The number of carbonyl (C=O) groups is 2. The molecule has 0 N–H and O–H groups in total. The SMILES string of the molecule is COC(=O)C1=C(C)N(c2ccccc2Cl)C(=O)C1=Cc1cc(C)n(-c2ccccc2C(F)(F)F)c1C. The number of aromatic nitrogens is 1. The van der Waals surface area contributed by atoms with Crippen LogP contribution in [0.2, 0.25) is 5.02 Å². The summed E-state index contributed by atoms with van der Waals surface area (Å²) in [6.07, 6.45) is -3.04. The average molecular weight is 515 g/mol. The smallest absolute Gasteiger partial charge is 0.418 e. The molecule has 0 aliphatic carbocycles. The van der Waals surface area contributed by atoms with Gasteiger partial charge in [0.2, 0.25) is 0 Å². The summed E-state index contributed by atoms with van der Waals surface area (Å²) in [5.41, 5.74) is 1.54. The molecule has 1 amide bonds. The molecule has 1 aliphatic heterocycles. The van der Waals surface area contributed by atoms with Crippen molar-refractivity contribution in [2.75, 3.05) is 12.0 Å². The highest BCUT2D eigenvalue weighted by Gasteiger charge is 2.39. The van der Waals surface area contributed by atoms with Crippen LogP contribution in [0.15, 0.2) is 71.4 Å². The van der Waals surface area contributed by atoms with Crippen LogP contribution in [0, 0.1) is 13.8 Å². The van der Waals surface area contributed by atoms with Gasteiger partial charge in [-0.1, -0.05) is 35.9 Å². The molecule has 2 heterocycles. The first-order valence-corrected chi connectivity index (χ1v) is 11.3. The minimum absolute atomic E-state index is 0.0278. The third-order valence-electron chi connectivity index (χ3n) is 6.10. The molecule has 0 saturated carbocycles. The molecule has 0 saturated heterocycles. The highest BCUT2D eigenvalue weighted by molar-refractivity contribution is 6.35. The number of aryl methyl sites for hydroxylation is 1. The highest BCUT2D eigenvalue weighted by atomic mass is 35.5. The van der Waals surface area contributed by atoms with Crippen LogP contribution in [-0.2, 0) is 20.5 Å². The van der Waals surface area contributed by atoms with Gasteiger partial charge in [-0.2, -0.15) is 13.2 Å². The molecule has 0 bridgehead atoms. The zero-order chi connectivity index (χ0) is 26.4. The highest BCUT2D eigenvalue weighted by Crippen LogP contribution is 2.40. The van der Waals surface area contributed by atoms with E-state index in [1.165, 1.54) is 40.9 Å². The third kappa shape index (κ3) is 4.22. The van der Waals surface area contributed by atoms with Crippen molar-refractivity contribution in [3.8, 4) is 5.69 Å². The molecule has 4 rings (SSSR count). The predicted octanol–water partition coefficient (Wildman–Crippen LogP) is 6.64. The number of halogens is 4. The molecule has 186 valence electrons. The second kappa shape index (κ2) is 9.35. The minimum atomic E-state index is -4.55. The van der Waals surface area contributed by atoms with E-state index in [-0.39, 0.29) is 16.8 Å². The van der Waals surface area contributed by atoms with Gasteiger partial charge in [-0.05, 0) is 62.7 Å². The molecule has 5 nitrogen and oxygen atoms in total. The van der Waals surface area contributed by atoms with E-state index in [0.29, 0.717) is 33.4 Å². The topological polar surface area (TPSA) is 51.5 Å². The Morgan fingerprint density at radius 3 is 2.22 bits per heavy atom. The molecular formula is C27H22ClF3N2O3. The normalized spacial score (nSPS) is 15.3. The summed E-state index contributed by atoms with van der Waals surface area (Å²) in [7, 11) is 1.21. The molecule has 1 aliphatic rings. The van der Waals surface area contributed by atoms with Gasteiger partial charge in [0.05, 0.1) is 40.2 Å². The van der Waals surface area contributed by atoms with Crippen molar-refractivity contribution < 1.29 is 27.5 Å². The first kappa shape index (κ1) is 25.3. The van der Waals surface area contributed by atoms with E-state index in [1.807, 2.05) is 0 Å². The van der Waals surface area contributed by atoms with Crippen LogP contribution in [-0.4, -0.2) is 23.6 Å². The Morgan fingerprint density at radius 2 is 1.61 bits per heavy atom. The molecule has 0 unspecified atom stereocenters. The number of ether oxygens (including phenoxy) is 1. The fourth-order valence-corrected chi connectivity index (χ4v) is 4.69. The molecule has 9 heteroatoms. The van der Waals surface area contributed by atoms with Crippen LogP contribution >= 0.6 is 11.6 Å². The van der Waals surface area contributed by atoms with E-state index >= 15 is 0 Å². The van der Waals surface area contributed by atoms with E-state index in [1.54, 1.807) is 51.1 Å². The number of benzene rings is 2. The number of nitrogens with zero attached hydrogens (tertiary/aromatic N) is 2. The molecule has 36 heavy (non-hydrogen) atoms. The van der Waals surface area contributed by atoms with Gasteiger partial charge in [-0.25, -0.2) is 4.79 Å². The van der Waals surface area contributed by atoms with Gasteiger partial charge < -0.3 is 9.30 Å². The van der Waals surface area contributed by atoms with Gasteiger partial charge >= 0.3 is 12.1 Å². The first-order valence-electron chi connectivity index (χ1n) is 10.9. The Morgan fingerprint density at radius 1 is 1.00 bits per heavy atom. The lowest BCUT2D eigenvalue weighted by Gasteiger charge is -2.19. The molecule has 3 aromatic rings. The maximum atomic E-state index is 13.7. The first-order chi connectivity index (χ1) is 17.0. The maximum Gasteiger partial charge on any atom is 0.418 e. The van der Waals surface area contributed by atoms with Crippen LogP contribution in [0.4, 0.5) is 18.9 Å². The minimum Gasteiger partial charge on any atom is -0.465 e. The summed E-state index contributed by atoms with van der Waals surface area (Å²) in [6.45, 7) is 4.94. The lowest BCUT2D eigenvalue weighted by atomic mass is 10.0. The lowest BCUT2D eigenvalue weighted by Crippen LogP contribution is -2.24. The Balaban J connectivity index is 1.89. The number of allylic oxidation sites excluding steroid dienone is 1. The monoisotopic (exact) mass is 514 g/mol. The summed E-state index contributed by atoms with van der Waals surface area (Å²) >= 11 is 6.33. The Labute approximate surface area is 211 Å². The van der Waals surface area contributed by atoms with E-state index in [9.17, 15) is 22.8 Å². The van der Waals surface area contributed by atoms with Crippen molar-refractivity contribution in [1.82, 2.24) is 4.57 Å². The summed E-state index contributed by atoms with van der Waals surface area (Å²) in [4.78, 5) is 27.6. The zero-order valence-electron chi connectivity index (χ0n) is 19.9. The van der Waals surface area contributed by atoms with Crippen molar-refractivity contribution >= 4 is 35.2 Å². The van der Waals surface area contributed by atoms with E-state index in [0.717, 1.165) is 6.07 Å². The zero-order valence-corrected chi connectivity index (χ0v) is 20.7. The van der Waals surface area contributed by atoms with Crippen molar-refractivity contribution in [3.05, 3.63) is 99.0 Å². The van der Waals surface area contributed by atoms with E-state index in [2.05, 4.69) is 0 Å². The number of alkyl halides is 3. The van der Waals surface area contributed by atoms with E-state index < -0.39 is 23.6 Å². The molecule has 0 atom stereocenters. The molecular weight excluding hydrogens is 493 g/mol. The number of rotatable bonds is 4. The van der Waals surface area contributed by atoms with Crippen LogP contribution in [0.1, 0.15) is 29.4 Å². The Kier molecular flexibility index (Phi) is 6.58. The quantitative estimate of drug-likeness (QED) is 0.289. The number of hydrogen-bond acceptors (Lipinski definition) is 3. The van der Waals surface area contributed by atoms with Crippen LogP contribution in [0.25, 0.3) is 11.8 Å². The van der Waals surface area contributed by atoms with E-state index in [4.69, 9.17) is 16.3 Å². The fourth-order valence-electron chi connectivity index (χ4n) is 4.47. The van der Waals surface area contributed by atoms with Gasteiger partial charge in [0, 0.05) is 17.1 Å². The number of hydrogen-bond donors (Lipinski definition) is 0. The standard InChI is InChI=1S/C27H22ClF3N2O3/c1-15-13-18(16(2)32(15)22-11-7-5-9-20(22)27(29,30)31)14-19-24(26(35)36-4)17(3)33(25(19)34)23-12-8-6-10-21(23)28/h5-14H,1-4H3. The molecule has 1 aromatic heterocycles. The molecule has 0 fully saturated rings. The van der Waals surface area contributed by atoms with Crippen molar-refractivity contribution in [1.29, 1.82) is 0 Å². The number of carbonyl (C=O) groups excluding carboxylic acids is 2. The van der Waals surface area contributed by atoms with Crippen LogP contribution in [0.3, 0.4) is 0 Å². The summed E-state index contributed by atoms with van der Waals surface area (Å²) in [5.74, 6) is -1.21. The lowest BCUT2D eigenvalue weighted by molar-refractivity contribution is -0.137. The second-order valence-electron chi connectivity index (χ2n) is 8.28. The van der Waals surface area contributed by atoms with Gasteiger partial charge in [0.15, 0.2) is 0 Å². The molecule has 2 aromatic carbocycles. The predicted molar refractivity (Wildman–Crippen MR) is 132 cm³/mol. The third-order valence-corrected chi connectivity index (χ3v) is 6.42. The summed E-state index contributed by atoms with van der Waals surface area (Å²) < 4.78 is 47.5. The van der Waals surface area contributed by atoms with Crippen molar-refractivity contribution in [3.63, 3.8) is 0 Å². The van der Waals surface area contributed by atoms with Gasteiger partial charge in [-0.15, -0.1) is 0 Å². The Hall–Kier alpha value is -3.78. The average Bonchev–Trinajstić information content (AvgIpc) is 3.24. The number of esters is 1. The second-order valence-corrected chi connectivity index (χ2v) is 8.69. The number of amides is 1. The fraction of sp³-hybridized carbons (Fsp3) is 0.185. The molecule has 0 spiro atoms. The van der Waals surface area contributed by atoms with Gasteiger partial charge in [0.25, 0.3) is 5.91 Å². The van der Waals surface area contributed by atoms with Gasteiger partial charge in [-0.3, -0.25) is 9.69 Å². The molecule has 0 radical (unpaired) electrons. The Bertz CT molecular complexity index is 1450. The summed E-state index contributed by atoms with van der Waals surface area (Å²) in [5, 5.41) is 0.317. The van der Waals surface area contributed by atoms with Crippen molar-refractivity contribution in [2.24, 2.45) is 0 Å². The van der Waals surface area contributed by atoms with Crippen LogP contribution in [0.5, 0.6) is 0 Å². The maximum absolute atomic E-state index is 13.7. The van der Waals surface area contributed by atoms with Crippen LogP contribution < -0.4 is 4.90 Å². The number of para-hydroxylation sites is 2. The number of anilines is 1. The largest absolute Gasteiger partial charge is 0.465 e. The summed E-state index contributed by atoms with van der Waals surface area (Å²) in [6, 6.07) is 13.7. The van der Waals surface area contributed by atoms with Gasteiger partial charge in [0.1, 0.15) is 0 Å². The van der Waals surface area contributed by atoms with Crippen molar-refractivity contribution in [2.45, 2.75) is 26.9 Å².